The fourth-order valence-corrected chi connectivity index (χ4v) is 2.55. The number of hydrogen-bond donors (Lipinski definition) is 1. The fourth-order valence-electron chi connectivity index (χ4n) is 1.86. The molecule has 0 aromatic carbocycles. The molecule has 88 valence electrons. The number of ether oxygens (including phenoxy) is 1. The van der Waals surface area contributed by atoms with E-state index >= 15 is 0 Å². The van der Waals surface area contributed by atoms with Crippen molar-refractivity contribution in [1.82, 2.24) is 5.32 Å². The lowest BCUT2D eigenvalue weighted by atomic mass is 10.1. The Morgan fingerprint density at radius 3 is 3.19 bits per heavy atom. The van der Waals surface area contributed by atoms with Gasteiger partial charge in [0, 0.05) is 11.3 Å². The van der Waals surface area contributed by atoms with Crippen molar-refractivity contribution in [3.63, 3.8) is 0 Å². The number of esters is 1. The van der Waals surface area contributed by atoms with Crippen molar-refractivity contribution in [2.75, 3.05) is 13.2 Å². The first-order chi connectivity index (χ1) is 7.86. The van der Waals surface area contributed by atoms with Crippen molar-refractivity contribution in [1.29, 1.82) is 0 Å². The average Bonchev–Trinajstić information content (AvgIpc) is 2.83. The molecular formula is C12H17NO2S. The number of piperidine rings is 1. The third kappa shape index (κ3) is 3.32. The maximum absolute atomic E-state index is 11.6. The van der Waals surface area contributed by atoms with E-state index in [-0.39, 0.29) is 12.0 Å². The van der Waals surface area contributed by atoms with Crippen LogP contribution in [0.2, 0.25) is 0 Å². The molecule has 0 spiro atoms. The number of rotatable bonds is 4. The van der Waals surface area contributed by atoms with Gasteiger partial charge < -0.3 is 10.1 Å². The highest BCUT2D eigenvalue weighted by Crippen LogP contribution is 2.11. The van der Waals surface area contributed by atoms with Crippen LogP contribution in [0.5, 0.6) is 0 Å². The Balaban J connectivity index is 1.67. The summed E-state index contributed by atoms with van der Waals surface area (Å²) >= 11 is 1.70. The second-order valence-electron chi connectivity index (χ2n) is 4.00. The minimum atomic E-state index is -0.0868. The summed E-state index contributed by atoms with van der Waals surface area (Å²) in [6.45, 7) is 1.43. The van der Waals surface area contributed by atoms with Gasteiger partial charge in [-0.15, -0.1) is 11.3 Å². The highest BCUT2D eigenvalue weighted by molar-refractivity contribution is 7.09. The van der Waals surface area contributed by atoms with Crippen LogP contribution in [0.3, 0.4) is 0 Å². The lowest BCUT2D eigenvalue weighted by Crippen LogP contribution is -2.41. The second-order valence-corrected chi connectivity index (χ2v) is 5.03. The van der Waals surface area contributed by atoms with E-state index < -0.39 is 0 Å². The molecule has 1 N–H and O–H groups in total. The van der Waals surface area contributed by atoms with Gasteiger partial charge in [-0.3, -0.25) is 4.79 Å². The lowest BCUT2D eigenvalue weighted by molar-refractivity contribution is -0.146. The van der Waals surface area contributed by atoms with E-state index in [1.807, 2.05) is 11.4 Å². The first-order valence-electron chi connectivity index (χ1n) is 5.78. The molecule has 3 nitrogen and oxygen atoms in total. The van der Waals surface area contributed by atoms with Crippen molar-refractivity contribution >= 4 is 17.3 Å². The Labute approximate surface area is 99.8 Å². The molecule has 1 unspecified atom stereocenters. The topological polar surface area (TPSA) is 38.3 Å². The summed E-state index contributed by atoms with van der Waals surface area (Å²) in [4.78, 5) is 12.9. The maximum atomic E-state index is 11.6. The van der Waals surface area contributed by atoms with Crippen LogP contribution in [0.1, 0.15) is 24.1 Å². The summed E-state index contributed by atoms with van der Waals surface area (Å²) in [5, 5.41) is 5.23. The predicted octanol–water partition coefficient (Wildman–Crippen LogP) is 1.98. The van der Waals surface area contributed by atoms with Gasteiger partial charge in [-0.2, -0.15) is 0 Å². The number of nitrogens with one attached hydrogen (secondary N) is 1. The van der Waals surface area contributed by atoms with Crippen LogP contribution in [0.4, 0.5) is 0 Å². The van der Waals surface area contributed by atoms with Crippen LogP contribution >= 0.6 is 11.3 Å². The maximum Gasteiger partial charge on any atom is 0.323 e. The van der Waals surface area contributed by atoms with Crippen molar-refractivity contribution in [2.45, 2.75) is 31.7 Å². The number of thiophene rings is 1. The minimum absolute atomic E-state index is 0.0721. The Kier molecular flexibility index (Phi) is 4.36. The molecule has 2 heterocycles. The summed E-state index contributed by atoms with van der Waals surface area (Å²) in [6, 6.07) is 4.01. The zero-order valence-electron chi connectivity index (χ0n) is 9.28. The number of carbonyl (C=O) groups excluding carboxylic acids is 1. The SMILES string of the molecule is O=C(OCCc1cccs1)C1CCCCN1. The van der Waals surface area contributed by atoms with Crippen molar-refractivity contribution in [3.8, 4) is 0 Å². The largest absolute Gasteiger partial charge is 0.464 e. The highest BCUT2D eigenvalue weighted by atomic mass is 32.1. The van der Waals surface area contributed by atoms with Gasteiger partial charge in [-0.25, -0.2) is 0 Å². The first-order valence-corrected chi connectivity index (χ1v) is 6.66. The molecule has 1 saturated heterocycles. The molecule has 1 aliphatic heterocycles. The van der Waals surface area contributed by atoms with Crippen LogP contribution in [0, 0.1) is 0 Å². The molecule has 1 atom stereocenters. The quantitative estimate of drug-likeness (QED) is 0.816. The molecule has 0 radical (unpaired) electrons. The van der Waals surface area contributed by atoms with E-state index in [9.17, 15) is 4.79 Å². The van der Waals surface area contributed by atoms with Crippen LogP contribution in [-0.4, -0.2) is 25.2 Å². The Bertz CT molecular complexity index is 318. The molecule has 1 aromatic rings. The van der Waals surface area contributed by atoms with E-state index in [0.29, 0.717) is 6.61 Å². The van der Waals surface area contributed by atoms with Gasteiger partial charge in [-0.1, -0.05) is 12.5 Å². The molecule has 0 aliphatic carbocycles. The fraction of sp³-hybridized carbons (Fsp3) is 0.583. The molecule has 2 rings (SSSR count). The molecule has 0 amide bonds. The average molecular weight is 239 g/mol. The lowest BCUT2D eigenvalue weighted by Gasteiger charge is -2.21. The second kappa shape index (κ2) is 6.01. The van der Waals surface area contributed by atoms with E-state index in [2.05, 4.69) is 11.4 Å². The van der Waals surface area contributed by atoms with Gasteiger partial charge in [0.1, 0.15) is 6.04 Å². The zero-order chi connectivity index (χ0) is 11.2. The Hall–Kier alpha value is -0.870. The molecule has 1 aromatic heterocycles. The van der Waals surface area contributed by atoms with Crippen molar-refractivity contribution in [3.05, 3.63) is 22.4 Å². The Morgan fingerprint density at radius 2 is 2.50 bits per heavy atom. The third-order valence-corrected chi connectivity index (χ3v) is 3.70. The number of carbonyl (C=O) groups is 1. The molecule has 1 aliphatic rings. The third-order valence-electron chi connectivity index (χ3n) is 2.77. The van der Waals surface area contributed by atoms with Crippen LogP contribution in [0.25, 0.3) is 0 Å². The van der Waals surface area contributed by atoms with E-state index in [0.717, 1.165) is 25.8 Å². The molecule has 0 saturated carbocycles. The summed E-state index contributed by atoms with van der Waals surface area (Å²) in [5.74, 6) is -0.0868. The van der Waals surface area contributed by atoms with Crippen molar-refractivity contribution in [2.24, 2.45) is 0 Å². The molecule has 16 heavy (non-hydrogen) atoms. The van der Waals surface area contributed by atoms with Crippen LogP contribution < -0.4 is 5.32 Å². The summed E-state index contributed by atoms with van der Waals surface area (Å²) in [6.07, 6.45) is 4.03. The standard InChI is InChI=1S/C12H17NO2S/c14-12(11-5-1-2-7-13-11)15-8-6-10-4-3-9-16-10/h3-4,9,11,13H,1-2,5-8H2. The number of hydrogen-bond acceptors (Lipinski definition) is 4. The molecule has 1 fully saturated rings. The molecule has 0 bridgehead atoms. The molecule has 4 heteroatoms. The first kappa shape index (κ1) is 11.6. The zero-order valence-corrected chi connectivity index (χ0v) is 10.1. The van der Waals surface area contributed by atoms with E-state index in [1.54, 1.807) is 11.3 Å². The van der Waals surface area contributed by atoms with Crippen LogP contribution in [0.15, 0.2) is 17.5 Å². The normalized spacial score (nSPS) is 20.6. The monoisotopic (exact) mass is 239 g/mol. The van der Waals surface area contributed by atoms with Gasteiger partial charge in [0.05, 0.1) is 6.61 Å². The van der Waals surface area contributed by atoms with Gasteiger partial charge >= 0.3 is 5.97 Å². The summed E-state index contributed by atoms with van der Waals surface area (Å²) in [5.41, 5.74) is 0. The smallest absolute Gasteiger partial charge is 0.323 e. The van der Waals surface area contributed by atoms with E-state index in [4.69, 9.17) is 4.74 Å². The van der Waals surface area contributed by atoms with E-state index in [1.165, 1.54) is 11.3 Å². The highest BCUT2D eigenvalue weighted by Gasteiger charge is 2.21. The predicted molar refractivity (Wildman–Crippen MR) is 64.6 cm³/mol. The Morgan fingerprint density at radius 1 is 1.56 bits per heavy atom. The van der Waals surface area contributed by atoms with Gasteiger partial charge in [0.25, 0.3) is 0 Å². The molecular weight excluding hydrogens is 222 g/mol. The van der Waals surface area contributed by atoms with Gasteiger partial charge in [-0.05, 0) is 30.8 Å². The van der Waals surface area contributed by atoms with Crippen LogP contribution in [-0.2, 0) is 16.0 Å². The van der Waals surface area contributed by atoms with Gasteiger partial charge in [0.15, 0.2) is 0 Å². The summed E-state index contributed by atoms with van der Waals surface area (Å²) in [7, 11) is 0. The summed E-state index contributed by atoms with van der Waals surface area (Å²) < 4.78 is 5.26. The van der Waals surface area contributed by atoms with Crippen molar-refractivity contribution < 1.29 is 9.53 Å². The van der Waals surface area contributed by atoms with Gasteiger partial charge in [0.2, 0.25) is 0 Å². The minimum Gasteiger partial charge on any atom is -0.464 e.